The molecule has 0 aliphatic heterocycles. The van der Waals surface area contributed by atoms with Crippen LogP contribution in [0.5, 0.6) is 5.75 Å². The Morgan fingerprint density at radius 3 is 2.50 bits per heavy atom. The van der Waals surface area contributed by atoms with Crippen molar-refractivity contribution in [1.82, 2.24) is 9.99 Å². The standard InChI is InChI=1S/C25H21BrClN3O2/c1-15-10-19(16(2)30(15)20-8-9-22(26)23(27)13-20)14-28-29-25(31)21-11-17-6-4-5-7-18(17)12-24(21)32-3/h4-14H,1-3H3,(H,29,31)/b28-14-. The van der Waals surface area contributed by atoms with Gasteiger partial charge in [0.05, 0.1) is 23.9 Å². The first-order valence-corrected chi connectivity index (χ1v) is 11.1. The van der Waals surface area contributed by atoms with Gasteiger partial charge in [0.15, 0.2) is 0 Å². The topological polar surface area (TPSA) is 55.6 Å². The van der Waals surface area contributed by atoms with Crippen LogP contribution in [-0.2, 0) is 0 Å². The van der Waals surface area contributed by atoms with E-state index in [1.165, 1.54) is 0 Å². The molecule has 4 rings (SSSR count). The molecule has 162 valence electrons. The van der Waals surface area contributed by atoms with Crippen LogP contribution < -0.4 is 10.2 Å². The summed E-state index contributed by atoms with van der Waals surface area (Å²) in [4.78, 5) is 12.8. The number of methoxy groups -OCH3 is 1. The molecule has 5 nitrogen and oxygen atoms in total. The lowest BCUT2D eigenvalue weighted by molar-refractivity contribution is 0.0952. The number of hydrazone groups is 1. The number of benzene rings is 3. The van der Waals surface area contributed by atoms with Crippen molar-refractivity contribution in [3.05, 3.63) is 92.7 Å². The average Bonchev–Trinajstić information content (AvgIpc) is 3.07. The van der Waals surface area contributed by atoms with Crippen LogP contribution in [0.1, 0.15) is 27.3 Å². The summed E-state index contributed by atoms with van der Waals surface area (Å²) >= 11 is 9.69. The Hall–Kier alpha value is -3.09. The molecule has 1 heterocycles. The fourth-order valence-electron chi connectivity index (χ4n) is 3.73. The minimum atomic E-state index is -0.336. The highest BCUT2D eigenvalue weighted by Gasteiger charge is 2.14. The maximum atomic E-state index is 12.8. The van der Waals surface area contributed by atoms with Crippen LogP contribution in [0.25, 0.3) is 16.5 Å². The monoisotopic (exact) mass is 509 g/mol. The number of amides is 1. The van der Waals surface area contributed by atoms with E-state index in [1.54, 1.807) is 13.3 Å². The first kappa shape index (κ1) is 22.1. The van der Waals surface area contributed by atoms with Gasteiger partial charge in [-0.2, -0.15) is 5.10 Å². The summed E-state index contributed by atoms with van der Waals surface area (Å²) in [7, 11) is 1.55. The Labute approximate surface area is 199 Å². The van der Waals surface area contributed by atoms with Crippen LogP contribution in [0.15, 0.2) is 70.2 Å². The maximum Gasteiger partial charge on any atom is 0.275 e. The number of rotatable bonds is 5. The molecule has 7 heteroatoms. The second-order valence-corrected chi connectivity index (χ2v) is 8.62. The summed E-state index contributed by atoms with van der Waals surface area (Å²) in [6.45, 7) is 4.01. The van der Waals surface area contributed by atoms with Gasteiger partial charge in [0.1, 0.15) is 5.75 Å². The first-order chi connectivity index (χ1) is 15.4. The summed E-state index contributed by atoms with van der Waals surface area (Å²) in [5.74, 6) is 0.166. The maximum absolute atomic E-state index is 12.8. The van der Waals surface area contributed by atoms with Crippen LogP contribution in [0.2, 0.25) is 5.02 Å². The van der Waals surface area contributed by atoms with Crippen molar-refractivity contribution in [1.29, 1.82) is 0 Å². The van der Waals surface area contributed by atoms with E-state index < -0.39 is 0 Å². The SMILES string of the molecule is COc1cc2ccccc2cc1C(=O)N/N=C\c1cc(C)n(-c2ccc(Br)c(Cl)c2)c1C. The van der Waals surface area contributed by atoms with E-state index >= 15 is 0 Å². The first-order valence-electron chi connectivity index (χ1n) is 9.93. The number of fused-ring (bicyclic) bond motifs is 1. The van der Waals surface area contributed by atoms with Crippen LogP contribution >= 0.6 is 27.5 Å². The van der Waals surface area contributed by atoms with Crippen molar-refractivity contribution < 1.29 is 9.53 Å². The Morgan fingerprint density at radius 1 is 1.09 bits per heavy atom. The molecule has 1 N–H and O–H groups in total. The van der Waals surface area contributed by atoms with Crippen molar-refractivity contribution in [3.8, 4) is 11.4 Å². The molecule has 0 atom stereocenters. The largest absolute Gasteiger partial charge is 0.496 e. The van der Waals surface area contributed by atoms with E-state index in [1.807, 2.05) is 74.5 Å². The fraction of sp³-hybridized carbons (Fsp3) is 0.120. The van der Waals surface area contributed by atoms with Gasteiger partial charge >= 0.3 is 0 Å². The van der Waals surface area contributed by atoms with Gasteiger partial charge in [-0.05, 0) is 76.9 Å². The van der Waals surface area contributed by atoms with Crippen LogP contribution in [0, 0.1) is 13.8 Å². The van der Waals surface area contributed by atoms with Gasteiger partial charge in [-0.1, -0.05) is 35.9 Å². The number of ether oxygens (including phenoxy) is 1. The zero-order valence-corrected chi connectivity index (χ0v) is 20.2. The summed E-state index contributed by atoms with van der Waals surface area (Å²) in [6, 6.07) is 19.3. The highest BCUT2D eigenvalue weighted by Crippen LogP contribution is 2.28. The minimum Gasteiger partial charge on any atom is -0.496 e. The number of carbonyl (C=O) groups excluding carboxylic acids is 1. The lowest BCUT2D eigenvalue weighted by Gasteiger charge is -2.10. The normalized spacial score (nSPS) is 11.3. The molecule has 0 spiro atoms. The van der Waals surface area contributed by atoms with Crippen LogP contribution in [-0.4, -0.2) is 23.8 Å². The molecular formula is C25H21BrClN3O2. The van der Waals surface area contributed by atoms with E-state index in [-0.39, 0.29) is 5.91 Å². The molecule has 0 saturated heterocycles. The Balaban J connectivity index is 1.58. The molecule has 0 aliphatic carbocycles. The zero-order chi connectivity index (χ0) is 22.8. The van der Waals surface area contributed by atoms with Gasteiger partial charge in [0, 0.05) is 27.1 Å². The molecule has 3 aromatic carbocycles. The van der Waals surface area contributed by atoms with Crippen molar-refractivity contribution in [3.63, 3.8) is 0 Å². The molecule has 0 bridgehead atoms. The van der Waals surface area contributed by atoms with Gasteiger partial charge in [0.25, 0.3) is 5.91 Å². The molecule has 4 aromatic rings. The highest BCUT2D eigenvalue weighted by molar-refractivity contribution is 9.10. The minimum absolute atomic E-state index is 0.336. The third-order valence-electron chi connectivity index (χ3n) is 5.31. The number of nitrogens with zero attached hydrogens (tertiary/aromatic N) is 2. The van der Waals surface area contributed by atoms with Crippen molar-refractivity contribution >= 4 is 50.4 Å². The number of carbonyl (C=O) groups is 1. The molecular weight excluding hydrogens is 490 g/mol. The molecule has 0 fully saturated rings. The quantitative estimate of drug-likeness (QED) is 0.248. The van der Waals surface area contributed by atoms with Gasteiger partial charge in [-0.25, -0.2) is 5.43 Å². The zero-order valence-electron chi connectivity index (χ0n) is 17.8. The van der Waals surface area contributed by atoms with Crippen molar-refractivity contribution in [2.75, 3.05) is 7.11 Å². The number of hydrogen-bond acceptors (Lipinski definition) is 3. The van der Waals surface area contributed by atoms with E-state index in [4.69, 9.17) is 16.3 Å². The molecule has 0 aliphatic rings. The number of aryl methyl sites for hydroxylation is 1. The van der Waals surface area contributed by atoms with Gasteiger partial charge in [0.2, 0.25) is 0 Å². The summed E-state index contributed by atoms with van der Waals surface area (Å²) in [5, 5.41) is 6.79. The van der Waals surface area contributed by atoms with Crippen molar-refractivity contribution in [2.45, 2.75) is 13.8 Å². The Bertz CT molecular complexity index is 1360. The van der Waals surface area contributed by atoms with E-state index in [9.17, 15) is 4.79 Å². The lowest BCUT2D eigenvalue weighted by atomic mass is 10.1. The third-order valence-corrected chi connectivity index (χ3v) is 6.55. The van der Waals surface area contributed by atoms with Gasteiger partial charge in [-0.15, -0.1) is 0 Å². The second-order valence-electron chi connectivity index (χ2n) is 7.36. The van der Waals surface area contributed by atoms with Crippen LogP contribution in [0.3, 0.4) is 0 Å². The fourth-order valence-corrected chi connectivity index (χ4v) is 4.15. The smallest absolute Gasteiger partial charge is 0.275 e. The molecule has 0 saturated carbocycles. The second kappa shape index (κ2) is 9.18. The molecule has 0 unspecified atom stereocenters. The van der Waals surface area contributed by atoms with E-state index in [0.717, 1.165) is 37.9 Å². The molecule has 1 amide bonds. The third kappa shape index (κ3) is 4.29. The molecule has 32 heavy (non-hydrogen) atoms. The number of halogens is 2. The molecule has 1 aromatic heterocycles. The predicted molar refractivity (Wildman–Crippen MR) is 134 cm³/mol. The number of aromatic nitrogens is 1. The highest BCUT2D eigenvalue weighted by atomic mass is 79.9. The Morgan fingerprint density at radius 2 is 1.81 bits per heavy atom. The average molecular weight is 511 g/mol. The summed E-state index contributed by atoms with van der Waals surface area (Å²) < 4.78 is 8.35. The predicted octanol–water partition coefficient (Wildman–Crippen LogP) is 6.44. The van der Waals surface area contributed by atoms with E-state index in [0.29, 0.717) is 16.3 Å². The van der Waals surface area contributed by atoms with Crippen molar-refractivity contribution in [2.24, 2.45) is 5.10 Å². The summed E-state index contributed by atoms with van der Waals surface area (Å²) in [5.41, 5.74) is 6.91. The number of nitrogens with one attached hydrogen (secondary N) is 1. The molecule has 0 radical (unpaired) electrons. The Kier molecular flexibility index (Phi) is 6.35. The van der Waals surface area contributed by atoms with Gasteiger partial charge < -0.3 is 9.30 Å². The van der Waals surface area contributed by atoms with Gasteiger partial charge in [-0.3, -0.25) is 4.79 Å². The van der Waals surface area contributed by atoms with Crippen LogP contribution in [0.4, 0.5) is 0 Å². The van der Waals surface area contributed by atoms with E-state index in [2.05, 4.69) is 31.0 Å². The lowest BCUT2D eigenvalue weighted by Crippen LogP contribution is -2.18. The number of hydrogen-bond donors (Lipinski definition) is 1. The summed E-state index contributed by atoms with van der Waals surface area (Å²) in [6.07, 6.45) is 1.64.